The van der Waals surface area contributed by atoms with Crippen LogP contribution in [0.3, 0.4) is 0 Å². The zero-order valence-electron chi connectivity index (χ0n) is 18.1. The minimum absolute atomic E-state index is 0.0292. The van der Waals surface area contributed by atoms with Crippen molar-refractivity contribution in [3.63, 3.8) is 0 Å². The molecule has 8 heteroatoms. The van der Waals surface area contributed by atoms with Crippen LogP contribution in [0.2, 0.25) is 0 Å². The second-order valence-electron chi connectivity index (χ2n) is 7.46. The van der Waals surface area contributed by atoms with Gasteiger partial charge in [-0.25, -0.2) is 0 Å². The van der Waals surface area contributed by atoms with Crippen LogP contribution in [0.4, 0.5) is 0 Å². The number of aliphatic hydroxyl groups is 1. The Hall–Kier alpha value is -3.81. The van der Waals surface area contributed by atoms with Crippen LogP contribution >= 0.6 is 0 Å². The third kappa shape index (κ3) is 4.44. The van der Waals surface area contributed by atoms with Gasteiger partial charge in [0, 0.05) is 30.2 Å². The zero-order chi connectivity index (χ0) is 23.4. The predicted molar refractivity (Wildman–Crippen MR) is 117 cm³/mol. The van der Waals surface area contributed by atoms with E-state index in [2.05, 4.69) is 0 Å². The first-order valence-electron chi connectivity index (χ1n) is 10.1. The standard InChI is InChI=1S/C24H25NO7/c1-14-6-8-15(9-7-14)22(28)20-21(17-11-10-16(31-2)13-18(17)32-3)25(24(30)23(20)29)12-4-5-19(26)27/h6-11,13,21,28H,4-5,12H2,1-3H3,(H,26,27)/b22-20+/t21-/m0/s1. The molecule has 168 valence electrons. The molecule has 8 nitrogen and oxygen atoms in total. The van der Waals surface area contributed by atoms with Gasteiger partial charge in [-0.1, -0.05) is 29.8 Å². The Kier molecular flexibility index (Phi) is 6.82. The number of aryl methyl sites for hydroxylation is 1. The van der Waals surface area contributed by atoms with E-state index in [1.165, 1.54) is 19.1 Å². The van der Waals surface area contributed by atoms with Crippen molar-refractivity contribution in [2.45, 2.75) is 25.8 Å². The number of carboxylic acid groups (broad SMARTS) is 1. The first-order valence-corrected chi connectivity index (χ1v) is 10.1. The predicted octanol–water partition coefficient (Wildman–Crippen LogP) is 3.30. The summed E-state index contributed by atoms with van der Waals surface area (Å²) in [7, 11) is 2.96. The fourth-order valence-electron chi connectivity index (χ4n) is 3.75. The molecule has 1 fully saturated rings. The number of methoxy groups -OCH3 is 2. The fourth-order valence-corrected chi connectivity index (χ4v) is 3.75. The van der Waals surface area contributed by atoms with Gasteiger partial charge in [0.15, 0.2) is 0 Å². The van der Waals surface area contributed by atoms with Crippen molar-refractivity contribution in [1.29, 1.82) is 0 Å². The van der Waals surface area contributed by atoms with E-state index in [1.807, 2.05) is 6.92 Å². The molecule has 0 saturated carbocycles. The van der Waals surface area contributed by atoms with Crippen molar-refractivity contribution in [3.05, 3.63) is 64.7 Å². The lowest BCUT2D eigenvalue weighted by molar-refractivity contribution is -0.140. The average molecular weight is 439 g/mol. The topological polar surface area (TPSA) is 113 Å². The summed E-state index contributed by atoms with van der Waals surface area (Å²) < 4.78 is 10.7. The summed E-state index contributed by atoms with van der Waals surface area (Å²) in [5.41, 5.74) is 1.79. The molecule has 0 unspecified atom stereocenters. The van der Waals surface area contributed by atoms with E-state index in [9.17, 15) is 19.5 Å². The third-order valence-corrected chi connectivity index (χ3v) is 5.39. The highest BCUT2D eigenvalue weighted by molar-refractivity contribution is 6.46. The maximum atomic E-state index is 13.0. The highest BCUT2D eigenvalue weighted by Crippen LogP contribution is 2.43. The number of hydrogen-bond acceptors (Lipinski definition) is 6. The number of benzene rings is 2. The van der Waals surface area contributed by atoms with Crippen LogP contribution in [0.15, 0.2) is 48.0 Å². The van der Waals surface area contributed by atoms with Gasteiger partial charge >= 0.3 is 5.97 Å². The number of carboxylic acids is 1. The summed E-state index contributed by atoms with van der Waals surface area (Å²) in [6.45, 7) is 1.93. The monoisotopic (exact) mass is 439 g/mol. The fraction of sp³-hybridized carbons (Fsp3) is 0.292. The Morgan fingerprint density at radius 1 is 1.03 bits per heavy atom. The molecule has 2 aromatic carbocycles. The number of Topliss-reactive ketones (excluding diaryl/α,β-unsaturated/α-hetero) is 1. The number of hydrogen-bond donors (Lipinski definition) is 2. The number of carbonyl (C=O) groups excluding carboxylic acids is 2. The minimum Gasteiger partial charge on any atom is -0.507 e. The summed E-state index contributed by atoms with van der Waals surface area (Å²) in [4.78, 5) is 38.2. The third-order valence-electron chi connectivity index (χ3n) is 5.39. The van der Waals surface area contributed by atoms with E-state index in [-0.39, 0.29) is 30.7 Å². The molecule has 1 heterocycles. The van der Waals surface area contributed by atoms with Gasteiger partial charge in [0.05, 0.1) is 25.8 Å². The Morgan fingerprint density at radius 3 is 2.31 bits per heavy atom. The maximum Gasteiger partial charge on any atom is 0.303 e. The summed E-state index contributed by atoms with van der Waals surface area (Å²) >= 11 is 0. The normalized spacial score (nSPS) is 17.5. The molecule has 2 N–H and O–H groups in total. The van der Waals surface area contributed by atoms with Crippen LogP contribution in [0.25, 0.3) is 5.76 Å². The summed E-state index contributed by atoms with van der Waals surface area (Å²) in [5, 5.41) is 20.0. The summed E-state index contributed by atoms with van der Waals surface area (Å²) in [6.07, 6.45) is -0.00464. The molecular formula is C24H25NO7. The summed E-state index contributed by atoms with van der Waals surface area (Å²) in [6, 6.07) is 10.9. The van der Waals surface area contributed by atoms with Gasteiger partial charge in [-0.15, -0.1) is 0 Å². The maximum absolute atomic E-state index is 13.0. The highest BCUT2D eigenvalue weighted by atomic mass is 16.5. The quantitative estimate of drug-likeness (QED) is 0.369. The van der Waals surface area contributed by atoms with Gasteiger partial charge in [-0.2, -0.15) is 0 Å². The average Bonchev–Trinajstić information content (AvgIpc) is 3.03. The van der Waals surface area contributed by atoms with E-state index in [4.69, 9.17) is 14.6 Å². The van der Waals surface area contributed by atoms with Crippen molar-refractivity contribution in [2.24, 2.45) is 0 Å². The highest BCUT2D eigenvalue weighted by Gasteiger charge is 2.46. The van der Waals surface area contributed by atoms with E-state index in [1.54, 1.807) is 42.5 Å². The van der Waals surface area contributed by atoms with Crippen molar-refractivity contribution in [1.82, 2.24) is 4.90 Å². The lowest BCUT2D eigenvalue weighted by Crippen LogP contribution is -2.31. The molecule has 1 saturated heterocycles. The molecule has 0 spiro atoms. The van der Waals surface area contributed by atoms with Crippen LogP contribution in [0, 0.1) is 6.92 Å². The number of ketones is 1. The number of nitrogens with zero attached hydrogens (tertiary/aromatic N) is 1. The SMILES string of the molecule is COc1ccc([C@H]2/C(=C(\O)c3ccc(C)cc3)C(=O)C(=O)N2CCCC(=O)O)c(OC)c1. The Morgan fingerprint density at radius 2 is 1.72 bits per heavy atom. The number of ether oxygens (including phenoxy) is 2. The van der Waals surface area contributed by atoms with Crippen molar-refractivity contribution in [3.8, 4) is 11.5 Å². The van der Waals surface area contributed by atoms with Gasteiger partial charge in [-0.05, 0) is 25.5 Å². The lowest BCUT2D eigenvalue weighted by Gasteiger charge is -2.26. The number of carbonyl (C=O) groups is 3. The first kappa shape index (κ1) is 22.9. The molecule has 0 bridgehead atoms. The van der Waals surface area contributed by atoms with Crippen LogP contribution in [-0.4, -0.2) is 53.5 Å². The van der Waals surface area contributed by atoms with E-state index >= 15 is 0 Å². The van der Waals surface area contributed by atoms with Gasteiger partial charge in [0.2, 0.25) is 0 Å². The molecule has 1 aliphatic heterocycles. The lowest BCUT2D eigenvalue weighted by atomic mass is 9.94. The Labute approximate surface area is 185 Å². The van der Waals surface area contributed by atoms with Gasteiger partial charge in [-0.3, -0.25) is 14.4 Å². The minimum atomic E-state index is -1.00. The van der Waals surface area contributed by atoms with Gasteiger partial charge in [0.1, 0.15) is 17.3 Å². The van der Waals surface area contributed by atoms with Gasteiger partial charge in [0.25, 0.3) is 11.7 Å². The van der Waals surface area contributed by atoms with Crippen LogP contribution in [-0.2, 0) is 14.4 Å². The van der Waals surface area contributed by atoms with Crippen LogP contribution in [0.1, 0.15) is 35.6 Å². The molecule has 1 amide bonds. The van der Waals surface area contributed by atoms with Crippen LogP contribution < -0.4 is 9.47 Å². The summed E-state index contributed by atoms with van der Waals surface area (Å²) in [5.74, 6) is -2.04. The largest absolute Gasteiger partial charge is 0.507 e. The van der Waals surface area contributed by atoms with E-state index in [0.29, 0.717) is 22.6 Å². The number of rotatable bonds is 8. The molecule has 0 aliphatic carbocycles. The molecule has 32 heavy (non-hydrogen) atoms. The van der Waals surface area contributed by atoms with E-state index < -0.39 is 23.7 Å². The van der Waals surface area contributed by atoms with Crippen molar-refractivity contribution in [2.75, 3.05) is 20.8 Å². The Bertz CT molecular complexity index is 1070. The number of aliphatic hydroxyl groups excluding tert-OH is 1. The number of amides is 1. The smallest absolute Gasteiger partial charge is 0.303 e. The first-order chi connectivity index (χ1) is 15.3. The van der Waals surface area contributed by atoms with Crippen molar-refractivity contribution < 1.29 is 34.1 Å². The number of likely N-dealkylation sites (tertiary alicyclic amines) is 1. The molecular weight excluding hydrogens is 414 g/mol. The number of aliphatic carboxylic acids is 1. The molecule has 2 aromatic rings. The van der Waals surface area contributed by atoms with Gasteiger partial charge < -0.3 is 24.6 Å². The van der Waals surface area contributed by atoms with Crippen molar-refractivity contribution >= 4 is 23.4 Å². The second-order valence-corrected chi connectivity index (χ2v) is 7.46. The second kappa shape index (κ2) is 9.55. The van der Waals surface area contributed by atoms with Crippen LogP contribution in [0.5, 0.6) is 11.5 Å². The Balaban J connectivity index is 2.17. The molecule has 0 aromatic heterocycles. The van der Waals surface area contributed by atoms with E-state index in [0.717, 1.165) is 5.56 Å². The molecule has 3 rings (SSSR count). The molecule has 1 atom stereocenters. The molecule has 0 radical (unpaired) electrons. The molecule has 1 aliphatic rings. The zero-order valence-corrected chi connectivity index (χ0v) is 18.1.